The molecule has 0 saturated carbocycles. The van der Waals surface area contributed by atoms with E-state index in [1.165, 1.54) is 114 Å². The van der Waals surface area contributed by atoms with Gasteiger partial charge in [-0.05, 0) is 138 Å². The van der Waals surface area contributed by atoms with E-state index in [4.69, 9.17) is 0 Å². The summed E-state index contributed by atoms with van der Waals surface area (Å²) in [6.45, 7) is 13.6. The van der Waals surface area contributed by atoms with Crippen LogP contribution < -0.4 is 4.90 Å². The zero-order valence-electron chi connectivity index (χ0n) is 38.6. The molecule has 13 rings (SSSR count). The number of hydrogen-bond donors (Lipinski definition) is 0. The van der Waals surface area contributed by atoms with Gasteiger partial charge in [0.15, 0.2) is 0 Å². The van der Waals surface area contributed by atoms with Crippen LogP contribution in [0.2, 0.25) is 0 Å². The number of benzene rings is 10. The van der Waals surface area contributed by atoms with Gasteiger partial charge in [0.1, 0.15) is 0 Å². The van der Waals surface area contributed by atoms with E-state index in [9.17, 15) is 0 Å². The molecule has 0 saturated heterocycles. The van der Waals surface area contributed by atoms with E-state index in [-0.39, 0.29) is 10.8 Å². The second kappa shape index (κ2) is 15.0. The molecule has 66 heavy (non-hydrogen) atoms. The molecule has 0 amide bonds. The lowest BCUT2D eigenvalue weighted by Gasteiger charge is -2.42. The molecule has 0 fully saturated rings. The van der Waals surface area contributed by atoms with Crippen LogP contribution in [0.25, 0.3) is 54.9 Å². The van der Waals surface area contributed by atoms with Gasteiger partial charge < -0.3 is 4.90 Å². The van der Waals surface area contributed by atoms with Crippen molar-refractivity contribution in [1.29, 1.82) is 0 Å². The summed E-state index contributed by atoms with van der Waals surface area (Å²) in [7, 11) is -2.11. The Morgan fingerprint density at radius 3 is 1.29 bits per heavy atom. The first-order valence-electron chi connectivity index (χ1n) is 23.6. The quantitative estimate of drug-likeness (QED) is 0.167. The third-order valence-corrected chi connectivity index (χ3v) is 18.8. The van der Waals surface area contributed by atoms with Crippen molar-refractivity contribution in [3.63, 3.8) is 0 Å². The molecule has 0 atom stereocenters. The van der Waals surface area contributed by atoms with Gasteiger partial charge in [-0.3, -0.25) is 0 Å². The summed E-state index contributed by atoms with van der Waals surface area (Å²) in [4.78, 5) is 8.08. The van der Waals surface area contributed by atoms with Crippen molar-refractivity contribution < 1.29 is 0 Å². The fraction of sp³-hybridized carbons (Fsp3) is 0.125. The summed E-state index contributed by atoms with van der Waals surface area (Å²) in [5, 5.41) is 5.02. The van der Waals surface area contributed by atoms with E-state index >= 15 is 0 Å². The van der Waals surface area contributed by atoms with Crippen molar-refractivity contribution in [2.75, 3.05) is 4.90 Å². The Morgan fingerprint density at radius 1 is 0.333 bits per heavy atom. The minimum Gasteiger partial charge on any atom is -0.309 e. The Kier molecular flexibility index (Phi) is 9.15. The molecule has 320 valence electrons. The van der Waals surface area contributed by atoms with Crippen LogP contribution in [-0.4, -0.2) is 0 Å². The van der Waals surface area contributed by atoms with Crippen molar-refractivity contribution in [1.82, 2.24) is 0 Å². The maximum absolute atomic E-state index is 2.62. The summed E-state index contributed by atoms with van der Waals surface area (Å²) in [5.74, 6) is 0. The van der Waals surface area contributed by atoms with E-state index in [1.54, 1.807) is 0 Å². The Balaban J connectivity index is 0.00000225. The van der Waals surface area contributed by atoms with Gasteiger partial charge in [0.05, 0.1) is 5.69 Å². The minimum absolute atomic E-state index is 0.157. The molecule has 2 heteroatoms. The highest BCUT2D eigenvalue weighted by Crippen LogP contribution is 2.82. The molecule has 0 radical (unpaired) electrons. The molecular formula is C64H53NS. The maximum atomic E-state index is 2.62. The monoisotopic (exact) mass is 867 g/mol. The average Bonchev–Trinajstić information content (AvgIpc) is 3.89. The van der Waals surface area contributed by atoms with Gasteiger partial charge in [-0.15, -0.1) is 10.0 Å². The van der Waals surface area contributed by atoms with E-state index < -0.39 is 10.0 Å². The molecule has 10 aromatic rings. The molecule has 10 aromatic carbocycles. The third kappa shape index (κ3) is 5.61. The summed E-state index contributed by atoms with van der Waals surface area (Å²) in [5.41, 5.74) is 16.7. The molecule has 2 aliphatic carbocycles. The summed E-state index contributed by atoms with van der Waals surface area (Å²) >= 11 is 0. The number of fused-ring (bicyclic) bond motifs is 11. The average molecular weight is 868 g/mol. The van der Waals surface area contributed by atoms with Crippen LogP contribution in [0.15, 0.2) is 232 Å². The molecule has 1 heterocycles. The largest absolute Gasteiger partial charge is 0.309 e. The summed E-state index contributed by atoms with van der Waals surface area (Å²) < 4.78 is 0. The van der Waals surface area contributed by atoms with E-state index in [1.807, 2.05) is 13.8 Å². The minimum atomic E-state index is -2.11. The van der Waals surface area contributed by atoms with Gasteiger partial charge in [0.2, 0.25) is 0 Å². The topological polar surface area (TPSA) is 3.24 Å². The van der Waals surface area contributed by atoms with Gasteiger partial charge in [-0.2, -0.15) is 0 Å². The van der Waals surface area contributed by atoms with Crippen molar-refractivity contribution in [3.05, 3.63) is 235 Å². The molecule has 0 spiro atoms. The van der Waals surface area contributed by atoms with E-state index in [0.29, 0.717) is 0 Å². The van der Waals surface area contributed by atoms with Crippen LogP contribution in [0.5, 0.6) is 0 Å². The third-order valence-electron chi connectivity index (χ3n) is 14.8. The van der Waals surface area contributed by atoms with Gasteiger partial charge in [-0.1, -0.05) is 193 Å². The first kappa shape index (κ1) is 40.4. The zero-order chi connectivity index (χ0) is 45.0. The van der Waals surface area contributed by atoms with E-state index in [0.717, 1.165) is 0 Å². The highest BCUT2D eigenvalue weighted by molar-refractivity contribution is 8.34. The summed E-state index contributed by atoms with van der Waals surface area (Å²) in [6.07, 6.45) is 0. The molecule has 0 aromatic heterocycles. The van der Waals surface area contributed by atoms with Gasteiger partial charge in [-0.25, -0.2) is 0 Å². The van der Waals surface area contributed by atoms with Crippen molar-refractivity contribution in [3.8, 4) is 33.4 Å². The molecule has 0 bridgehead atoms. The number of rotatable bonds is 5. The van der Waals surface area contributed by atoms with Crippen LogP contribution in [0.1, 0.15) is 63.8 Å². The zero-order valence-corrected chi connectivity index (χ0v) is 39.4. The van der Waals surface area contributed by atoms with Gasteiger partial charge in [0, 0.05) is 41.8 Å². The van der Waals surface area contributed by atoms with Crippen molar-refractivity contribution in [2.24, 2.45) is 0 Å². The second-order valence-corrected chi connectivity index (χ2v) is 21.9. The first-order chi connectivity index (χ1) is 32.2. The molecular weight excluding hydrogens is 815 g/mol. The second-order valence-electron chi connectivity index (χ2n) is 18.9. The van der Waals surface area contributed by atoms with Crippen molar-refractivity contribution >= 4 is 48.6 Å². The van der Waals surface area contributed by atoms with Crippen LogP contribution in [0.3, 0.4) is 0 Å². The lowest BCUT2D eigenvalue weighted by Crippen LogP contribution is -2.19. The number of nitrogens with zero attached hydrogens (tertiary/aromatic N) is 1. The fourth-order valence-corrected chi connectivity index (χ4v) is 16.1. The number of anilines is 3. The Morgan fingerprint density at radius 2 is 0.758 bits per heavy atom. The molecule has 0 N–H and O–H groups in total. The smallest absolute Gasteiger partial charge is 0.0598 e. The Hall–Kier alpha value is -7.13. The molecule has 0 unspecified atom stereocenters. The number of hydrogen-bond acceptors (Lipinski definition) is 1. The first-order valence-corrected chi connectivity index (χ1v) is 25.2. The molecule has 1 nitrogen and oxygen atoms in total. The van der Waals surface area contributed by atoms with Crippen LogP contribution in [0, 0.1) is 0 Å². The predicted octanol–water partition coefficient (Wildman–Crippen LogP) is 18.4. The predicted molar refractivity (Wildman–Crippen MR) is 282 cm³/mol. The van der Waals surface area contributed by atoms with Crippen molar-refractivity contribution in [2.45, 2.75) is 72.0 Å². The lowest BCUT2D eigenvalue weighted by atomic mass is 9.82. The Labute approximate surface area is 391 Å². The van der Waals surface area contributed by atoms with Gasteiger partial charge in [0.25, 0.3) is 0 Å². The van der Waals surface area contributed by atoms with Crippen LogP contribution in [0.4, 0.5) is 17.1 Å². The van der Waals surface area contributed by atoms with Gasteiger partial charge >= 0.3 is 0 Å². The Bertz CT molecular complexity index is 3400. The molecule has 1 aliphatic heterocycles. The normalized spacial score (nSPS) is 15.4. The summed E-state index contributed by atoms with van der Waals surface area (Å²) in [6, 6.07) is 81.2. The highest BCUT2D eigenvalue weighted by Gasteiger charge is 2.46. The van der Waals surface area contributed by atoms with E-state index in [2.05, 4.69) is 245 Å². The van der Waals surface area contributed by atoms with Crippen LogP contribution in [-0.2, 0) is 10.8 Å². The molecule has 3 aliphatic rings. The SMILES string of the molecule is CC.CC1(C)c2ccccc2-c2ccc(N(c3ccc4c(c3)C(C)(C)c3ccccc3-4)c3cccc4c3S(c3ccc5ccccc5c3)(c3ccc5ccccc5c3)c3ccccc3-4)cc21. The maximum Gasteiger partial charge on any atom is 0.0598 e. The highest BCUT2D eigenvalue weighted by atomic mass is 32.3. The standard InChI is InChI=1S/C62H47NS.C2H6/c1-61(2)54-24-12-9-20-48(54)50-34-30-44(38-56(50)61)63(45-31-35-51-49-21-10-13-25-55(49)62(3,4)57(51)39-45)58-26-15-23-53-52-22-11-14-27-59(52)64(60(53)58,46-32-28-40-16-5-7-18-42(40)36-46)47-33-29-41-17-6-8-19-43(41)37-47;1-2/h5-39H,1-4H3;1-2H3. The fourth-order valence-electron chi connectivity index (χ4n) is 11.7. The lowest BCUT2D eigenvalue weighted by molar-refractivity contribution is 0.660. The van der Waals surface area contributed by atoms with Crippen LogP contribution >= 0.6 is 10.0 Å².